The van der Waals surface area contributed by atoms with Crippen molar-refractivity contribution in [3.63, 3.8) is 0 Å². The van der Waals surface area contributed by atoms with Gasteiger partial charge in [0.05, 0.1) is 12.6 Å². The Morgan fingerprint density at radius 1 is 1.70 bits per heavy atom. The van der Waals surface area contributed by atoms with E-state index >= 15 is 0 Å². The Bertz CT molecular complexity index is 442. The predicted molar refractivity (Wildman–Crippen MR) is 69.0 cm³/mol. The van der Waals surface area contributed by atoms with Crippen LogP contribution in [0.3, 0.4) is 0 Å². The third-order valence-corrected chi connectivity index (χ3v) is 2.61. The Hall–Kier alpha value is -2.00. The number of carbonyl (C=O) groups excluding carboxylic acids is 1. The smallest absolute Gasteiger partial charge is 0.381 e. The number of aromatic nitrogens is 2. The molecule has 0 aliphatic carbocycles. The molecule has 0 aliphatic heterocycles. The topological polar surface area (TPSA) is 120 Å². The third kappa shape index (κ3) is 5.33. The number of nitrogens with zero attached hydrogens (tertiary/aromatic N) is 3. The van der Waals surface area contributed by atoms with Gasteiger partial charge in [-0.15, -0.1) is 0 Å². The van der Waals surface area contributed by atoms with Crippen LogP contribution in [0.4, 0.5) is 5.82 Å². The molecule has 0 saturated carbocycles. The molecule has 0 aromatic carbocycles. The van der Waals surface area contributed by atoms with E-state index in [4.69, 9.17) is 9.84 Å². The van der Waals surface area contributed by atoms with Crippen molar-refractivity contribution in [2.45, 2.75) is 25.4 Å². The Balaban J connectivity index is 2.39. The highest BCUT2D eigenvalue weighted by Crippen LogP contribution is 2.06. The Labute approximate surface area is 115 Å². The summed E-state index contributed by atoms with van der Waals surface area (Å²) >= 11 is 0. The molecule has 1 atom stereocenters. The first-order valence-corrected chi connectivity index (χ1v) is 6.12. The molecule has 1 aromatic rings. The average Bonchev–Trinajstić information content (AvgIpc) is 2.86. The maximum atomic E-state index is 11.7. The second-order valence-corrected chi connectivity index (χ2v) is 4.21. The number of rotatable bonds is 9. The summed E-state index contributed by atoms with van der Waals surface area (Å²) in [5, 5.41) is 22.0. The first-order chi connectivity index (χ1) is 9.56. The zero-order valence-corrected chi connectivity index (χ0v) is 11.2. The normalized spacial score (nSPS) is 12.1. The number of ether oxygens (including phenoxy) is 1. The molecule has 0 saturated heterocycles. The summed E-state index contributed by atoms with van der Waals surface area (Å²) in [7, 11) is 1.52. The van der Waals surface area contributed by atoms with Gasteiger partial charge in [-0.05, 0) is 16.3 Å². The van der Waals surface area contributed by atoms with Gasteiger partial charge in [-0.3, -0.25) is 4.79 Å². The van der Waals surface area contributed by atoms with Crippen LogP contribution in [0.2, 0.25) is 0 Å². The van der Waals surface area contributed by atoms with E-state index < -0.39 is 4.92 Å². The predicted octanol–water partition coefficient (Wildman–Crippen LogP) is -0.305. The van der Waals surface area contributed by atoms with Crippen LogP contribution < -0.4 is 5.32 Å². The minimum absolute atomic E-state index is 0.0397. The number of imidazole rings is 1. The summed E-state index contributed by atoms with van der Waals surface area (Å²) in [6, 6.07) is -0.241. The van der Waals surface area contributed by atoms with Crippen LogP contribution in [0.5, 0.6) is 0 Å². The first kappa shape index (κ1) is 16.1. The van der Waals surface area contributed by atoms with Gasteiger partial charge in [-0.1, -0.05) is 0 Å². The molecule has 20 heavy (non-hydrogen) atoms. The van der Waals surface area contributed by atoms with Crippen LogP contribution in [0, 0.1) is 10.1 Å². The minimum atomic E-state index is -0.591. The lowest BCUT2D eigenvalue weighted by Crippen LogP contribution is -2.39. The molecule has 9 heteroatoms. The maximum Gasteiger partial charge on any atom is 0.381 e. The number of nitrogens with one attached hydrogen (secondary N) is 1. The summed E-state index contributed by atoms with van der Waals surface area (Å²) in [6.07, 6.45) is 3.16. The molecule has 0 bridgehead atoms. The number of hydrogen-bond donors (Lipinski definition) is 2. The number of aryl methyl sites for hydroxylation is 1. The molecule has 112 valence electrons. The number of amides is 1. The molecule has 0 radical (unpaired) electrons. The average molecular weight is 286 g/mol. The summed E-state index contributed by atoms with van der Waals surface area (Å²) in [5.41, 5.74) is 0. The number of carbonyl (C=O) groups is 1. The molecule has 9 nitrogen and oxygen atoms in total. The highest BCUT2D eigenvalue weighted by molar-refractivity contribution is 5.76. The van der Waals surface area contributed by atoms with E-state index in [0.717, 1.165) is 0 Å². The van der Waals surface area contributed by atoms with Gasteiger partial charge in [0.15, 0.2) is 0 Å². The number of methoxy groups -OCH3 is 1. The van der Waals surface area contributed by atoms with Gasteiger partial charge in [0.2, 0.25) is 12.2 Å². The van der Waals surface area contributed by atoms with E-state index in [1.165, 1.54) is 24.2 Å². The molecule has 2 N–H and O–H groups in total. The summed E-state index contributed by atoms with van der Waals surface area (Å²) < 4.78 is 6.42. The largest absolute Gasteiger partial charge is 0.396 e. The van der Waals surface area contributed by atoms with Crippen molar-refractivity contribution in [1.82, 2.24) is 14.9 Å². The third-order valence-electron chi connectivity index (χ3n) is 2.61. The number of aliphatic hydroxyl groups excluding tert-OH is 1. The zero-order valence-electron chi connectivity index (χ0n) is 11.2. The van der Waals surface area contributed by atoms with Crippen molar-refractivity contribution >= 4 is 11.7 Å². The SMILES string of the molecule is COCC(CCO)NC(=O)CCn1cnc([N+](=O)[O-])c1. The van der Waals surface area contributed by atoms with Crippen LogP contribution in [-0.4, -0.2) is 51.9 Å². The number of aliphatic hydroxyl groups is 1. The van der Waals surface area contributed by atoms with E-state index in [0.29, 0.717) is 19.6 Å². The van der Waals surface area contributed by atoms with Gasteiger partial charge < -0.3 is 29.8 Å². The quantitative estimate of drug-likeness (QED) is 0.475. The van der Waals surface area contributed by atoms with Crippen molar-refractivity contribution < 1.29 is 19.6 Å². The lowest BCUT2D eigenvalue weighted by atomic mass is 10.2. The minimum Gasteiger partial charge on any atom is -0.396 e. The van der Waals surface area contributed by atoms with Gasteiger partial charge in [0.1, 0.15) is 6.20 Å². The van der Waals surface area contributed by atoms with E-state index in [1.807, 2.05) is 0 Å². The van der Waals surface area contributed by atoms with Crippen LogP contribution in [0.1, 0.15) is 12.8 Å². The molecule has 1 aromatic heterocycles. The van der Waals surface area contributed by atoms with Crippen molar-refractivity contribution in [2.24, 2.45) is 0 Å². The molecule has 0 spiro atoms. The summed E-state index contributed by atoms with van der Waals surface area (Å²) in [6.45, 7) is 0.580. The molecule has 0 fully saturated rings. The number of hydrogen-bond acceptors (Lipinski definition) is 6. The van der Waals surface area contributed by atoms with E-state index in [1.54, 1.807) is 0 Å². The standard InChI is InChI=1S/C11H18N4O5/c1-20-7-9(3-5-16)13-11(17)2-4-14-6-10(12-8-14)15(18)19/h6,8-9,16H,2-5,7H2,1H3,(H,13,17). The lowest BCUT2D eigenvalue weighted by Gasteiger charge is -2.16. The van der Waals surface area contributed by atoms with Crippen LogP contribution >= 0.6 is 0 Å². The van der Waals surface area contributed by atoms with Gasteiger partial charge in [0, 0.05) is 26.7 Å². The van der Waals surface area contributed by atoms with Crippen molar-refractivity contribution in [3.8, 4) is 0 Å². The molecular formula is C11H18N4O5. The van der Waals surface area contributed by atoms with Crippen LogP contribution in [0.15, 0.2) is 12.5 Å². The molecule has 1 rings (SSSR count). The fourth-order valence-electron chi connectivity index (χ4n) is 1.65. The first-order valence-electron chi connectivity index (χ1n) is 6.12. The second kappa shape index (κ2) is 8.23. The van der Waals surface area contributed by atoms with Crippen LogP contribution in [-0.2, 0) is 16.1 Å². The monoisotopic (exact) mass is 286 g/mol. The van der Waals surface area contributed by atoms with Crippen molar-refractivity contribution in [1.29, 1.82) is 0 Å². The fraction of sp³-hybridized carbons (Fsp3) is 0.636. The summed E-state index contributed by atoms with van der Waals surface area (Å²) in [4.78, 5) is 25.2. The van der Waals surface area contributed by atoms with E-state index in [2.05, 4.69) is 10.3 Å². The van der Waals surface area contributed by atoms with Gasteiger partial charge in [0.25, 0.3) is 0 Å². The second-order valence-electron chi connectivity index (χ2n) is 4.21. The lowest BCUT2D eigenvalue weighted by molar-refractivity contribution is -0.389. The van der Waals surface area contributed by atoms with Crippen LogP contribution in [0.25, 0.3) is 0 Å². The molecule has 0 aliphatic rings. The van der Waals surface area contributed by atoms with Gasteiger partial charge in [-0.25, -0.2) is 0 Å². The fourth-order valence-corrected chi connectivity index (χ4v) is 1.65. The Morgan fingerprint density at radius 3 is 3.00 bits per heavy atom. The molecule has 1 amide bonds. The molecule has 1 heterocycles. The van der Waals surface area contributed by atoms with E-state index in [-0.39, 0.29) is 30.8 Å². The van der Waals surface area contributed by atoms with Gasteiger partial charge in [-0.2, -0.15) is 0 Å². The van der Waals surface area contributed by atoms with Gasteiger partial charge >= 0.3 is 5.82 Å². The number of nitro groups is 1. The summed E-state index contributed by atoms with van der Waals surface area (Å²) in [5.74, 6) is -0.459. The molecular weight excluding hydrogens is 268 g/mol. The zero-order chi connectivity index (χ0) is 15.0. The Morgan fingerprint density at radius 2 is 2.45 bits per heavy atom. The Kier molecular flexibility index (Phi) is 6.60. The van der Waals surface area contributed by atoms with Crippen molar-refractivity contribution in [3.05, 3.63) is 22.6 Å². The highest BCUT2D eigenvalue weighted by atomic mass is 16.6. The van der Waals surface area contributed by atoms with Crippen molar-refractivity contribution in [2.75, 3.05) is 20.3 Å². The molecule has 1 unspecified atom stereocenters. The van der Waals surface area contributed by atoms with E-state index in [9.17, 15) is 14.9 Å². The highest BCUT2D eigenvalue weighted by Gasteiger charge is 2.13. The maximum absolute atomic E-state index is 11.7.